The third-order valence-corrected chi connectivity index (χ3v) is 5.34. The number of furan rings is 1. The van der Waals surface area contributed by atoms with E-state index in [9.17, 15) is 14.4 Å². The maximum Gasteiger partial charge on any atom is 0.325 e. The molecule has 1 saturated heterocycles. The number of carbonyl (C=O) groups excluding carboxylic acids is 3. The molecule has 0 bridgehead atoms. The number of aromatic nitrogens is 1. The predicted molar refractivity (Wildman–Crippen MR) is 106 cm³/mol. The number of Topliss-reactive ketones (excluding diaryl/α,β-unsaturated/α-hetero) is 1. The van der Waals surface area contributed by atoms with Crippen LogP contribution in [0, 0.1) is 13.8 Å². The molecule has 1 atom stereocenters. The van der Waals surface area contributed by atoms with E-state index < -0.39 is 17.5 Å². The van der Waals surface area contributed by atoms with E-state index in [1.54, 1.807) is 25.1 Å². The van der Waals surface area contributed by atoms with Gasteiger partial charge in [0.2, 0.25) is 0 Å². The second kappa shape index (κ2) is 6.77. The predicted octanol–water partition coefficient (Wildman–Crippen LogP) is 3.34. The summed E-state index contributed by atoms with van der Waals surface area (Å²) in [6.45, 7) is 5.00. The van der Waals surface area contributed by atoms with Gasteiger partial charge in [-0.15, -0.1) is 0 Å². The maximum atomic E-state index is 13.0. The van der Waals surface area contributed by atoms with Crippen molar-refractivity contribution in [3.63, 3.8) is 0 Å². The molecule has 3 aromatic rings. The van der Waals surface area contributed by atoms with Gasteiger partial charge >= 0.3 is 6.03 Å². The summed E-state index contributed by atoms with van der Waals surface area (Å²) in [5.41, 5.74) is 1.77. The molecular formula is C22H21N3O4. The Hall–Kier alpha value is -3.61. The van der Waals surface area contributed by atoms with Crippen molar-refractivity contribution >= 4 is 17.7 Å². The minimum Gasteiger partial charge on any atom is -0.466 e. The number of nitrogens with one attached hydrogen (secondary N) is 1. The van der Waals surface area contributed by atoms with Crippen LogP contribution in [-0.4, -0.2) is 33.7 Å². The molecule has 148 valence electrons. The number of rotatable bonds is 5. The molecule has 7 heteroatoms. The van der Waals surface area contributed by atoms with E-state index in [0.717, 1.165) is 22.0 Å². The van der Waals surface area contributed by atoms with Gasteiger partial charge in [0.1, 0.15) is 5.76 Å². The summed E-state index contributed by atoms with van der Waals surface area (Å²) >= 11 is 0. The summed E-state index contributed by atoms with van der Waals surface area (Å²) in [6, 6.07) is 14.1. The fourth-order valence-corrected chi connectivity index (χ4v) is 3.82. The number of para-hydroxylation sites is 1. The average molecular weight is 391 g/mol. The van der Waals surface area contributed by atoms with Crippen LogP contribution in [0.25, 0.3) is 5.69 Å². The lowest BCUT2D eigenvalue weighted by Crippen LogP contribution is -2.41. The molecular weight excluding hydrogens is 370 g/mol. The summed E-state index contributed by atoms with van der Waals surface area (Å²) in [6.07, 6.45) is 1.44. The second-order valence-electron chi connectivity index (χ2n) is 7.30. The van der Waals surface area contributed by atoms with E-state index in [4.69, 9.17) is 4.42 Å². The zero-order valence-electron chi connectivity index (χ0n) is 16.4. The van der Waals surface area contributed by atoms with Gasteiger partial charge < -0.3 is 14.3 Å². The van der Waals surface area contributed by atoms with Gasteiger partial charge in [-0.25, -0.2) is 4.79 Å². The van der Waals surface area contributed by atoms with Crippen LogP contribution in [0.3, 0.4) is 0 Å². The molecule has 2 aromatic heterocycles. The fraction of sp³-hybridized carbons (Fsp3) is 0.227. The van der Waals surface area contributed by atoms with Gasteiger partial charge in [-0.2, -0.15) is 0 Å². The number of nitrogens with zero attached hydrogens (tertiary/aromatic N) is 2. The van der Waals surface area contributed by atoms with Crippen molar-refractivity contribution in [2.45, 2.75) is 26.3 Å². The van der Waals surface area contributed by atoms with E-state index in [2.05, 4.69) is 5.32 Å². The number of amides is 3. The highest BCUT2D eigenvalue weighted by molar-refractivity contribution is 6.11. The lowest BCUT2D eigenvalue weighted by atomic mass is 9.99. The van der Waals surface area contributed by atoms with Gasteiger partial charge in [-0.05, 0) is 51.1 Å². The summed E-state index contributed by atoms with van der Waals surface area (Å²) < 4.78 is 7.29. The monoisotopic (exact) mass is 391 g/mol. The molecule has 1 aromatic carbocycles. The number of imide groups is 1. The first-order valence-corrected chi connectivity index (χ1v) is 9.28. The van der Waals surface area contributed by atoms with E-state index in [1.165, 1.54) is 6.26 Å². The normalized spacial score (nSPS) is 18.9. The van der Waals surface area contributed by atoms with Crippen molar-refractivity contribution in [2.75, 3.05) is 6.54 Å². The number of aryl methyl sites for hydroxylation is 1. The Kier molecular flexibility index (Phi) is 4.38. The van der Waals surface area contributed by atoms with Crippen LogP contribution in [0.4, 0.5) is 4.79 Å². The molecule has 0 saturated carbocycles. The first-order valence-electron chi connectivity index (χ1n) is 9.28. The number of urea groups is 1. The molecule has 3 heterocycles. The summed E-state index contributed by atoms with van der Waals surface area (Å²) in [5, 5.41) is 2.63. The van der Waals surface area contributed by atoms with Crippen molar-refractivity contribution in [1.82, 2.24) is 14.8 Å². The Morgan fingerprint density at radius 2 is 1.83 bits per heavy atom. The van der Waals surface area contributed by atoms with E-state index in [1.807, 2.05) is 48.7 Å². The van der Waals surface area contributed by atoms with Crippen molar-refractivity contribution in [2.24, 2.45) is 0 Å². The molecule has 29 heavy (non-hydrogen) atoms. The van der Waals surface area contributed by atoms with Crippen molar-refractivity contribution < 1.29 is 18.8 Å². The van der Waals surface area contributed by atoms with Gasteiger partial charge in [-0.1, -0.05) is 18.2 Å². The molecule has 3 amide bonds. The molecule has 1 aliphatic heterocycles. The molecule has 1 unspecified atom stereocenters. The standard InChI is InChI=1S/C22H21N3O4/c1-14-12-17(15(2)25(14)16-8-5-4-6-9-16)18(26)13-24-20(27)22(3,23-21(24)28)19-10-7-11-29-19/h4-12H,13H2,1-3H3,(H,23,28). The van der Waals surface area contributed by atoms with Crippen LogP contribution in [0.2, 0.25) is 0 Å². The van der Waals surface area contributed by atoms with Crippen LogP contribution in [0.1, 0.15) is 34.4 Å². The van der Waals surface area contributed by atoms with Crippen LogP contribution in [0.15, 0.2) is 59.2 Å². The molecule has 0 spiro atoms. The molecule has 1 aliphatic rings. The third-order valence-electron chi connectivity index (χ3n) is 5.34. The van der Waals surface area contributed by atoms with Crippen LogP contribution < -0.4 is 5.32 Å². The molecule has 0 aliphatic carbocycles. The van der Waals surface area contributed by atoms with Crippen LogP contribution in [0.5, 0.6) is 0 Å². The van der Waals surface area contributed by atoms with Gasteiger partial charge in [0.05, 0.1) is 12.8 Å². The maximum absolute atomic E-state index is 13.0. The van der Waals surface area contributed by atoms with E-state index >= 15 is 0 Å². The molecule has 7 nitrogen and oxygen atoms in total. The third kappa shape index (κ3) is 2.95. The number of hydrogen-bond acceptors (Lipinski definition) is 4. The minimum atomic E-state index is -1.32. The highest BCUT2D eigenvalue weighted by atomic mass is 16.3. The van der Waals surface area contributed by atoms with Crippen LogP contribution in [-0.2, 0) is 10.3 Å². The minimum absolute atomic E-state index is 0.299. The van der Waals surface area contributed by atoms with Crippen molar-refractivity contribution in [3.05, 3.63) is 77.5 Å². The highest BCUT2D eigenvalue weighted by Crippen LogP contribution is 2.29. The van der Waals surface area contributed by atoms with Gasteiger partial charge in [0.25, 0.3) is 5.91 Å². The Morgan fingerprint density at radius 1 is 1.10 bits per heavy atom. The summed E-state index contributed by atoms with van der Waals surface area (Å²) in [5.74, 6) is -0.483. The topological polar surface area (TPSA) is 84.6 Å². The van der Waals surface area contributed by atoms with Gasteiger partial charge in [0.15, 0.2) is 11.3 Å². The van der Waals surface area contributed by atoms with Crippen molar-refractivity contribution in [1.29, 1.82) is 0 Å². The number of benzene rings is 1. The number of hydrogen-bond donors (Lipinski definition) is 1. The zero-order valence-corrected chi connectivity index (χ0v) is 16.4. The largest absolute Gasteiger partial charge is 0.466 e. The van der Waals surface area contributed by atoms with Crippen molar-refractivity contribution in [3.8, 4) is 5.69 Å². The molecule has 1 fully saturated rings. The molecule has 4 rings (SSSR count). The lowest BCUT2D eigenvalue weighted by Gasteiger charge is -2.18. The lowest BCUT2D eigenvalue weighted by molar-refractivity contribution is -0.131. The highest BCUT2D eigenvalue weighted by Gasteiger charge is 2.51. The van der Waals surface area contributed by atoms with Gasteiger partial charge in [0, 0.05) is 22.6 Å². The average Bonchev–Trinajstić information content (AvgIpc) is 3.39. The van der Waals surface area contributed by atoms with E-state index in [0.29, 0.717) is 11.3 Å². The number of carbonyl (C=O) groups is 3. The smallest absolute Gasteiger partial charge is 0.325 e. The summed E-state index contributed by atoms with van der Waals surface area (Å²) in [7, 11) is 0. The summed E-state index contributed by atoms with van der Waals surface area (Å²) in [4.78, 5) is 39.3. The first-order chi connectivity index (χ1) is 13.8. The quantitative estimate of drug-likeness (QED) is 0.534. The SMILES string of the molecule is Cc1cc(C(=O)CN2C(=O)NC(C)(c3ccco3)C2=O)c(C)n1-c1ccccc1. The first kappa shape index (κ1) is 18.7. The zero-order chi connectivity index (χ0) is 20.8. The molecule has 0 radical (unpaired) electrons. The Balaban J connectivity index is 1.61. The Labute approximate surface area is 167 Å². The van der Waals surface area contributed by atoms with Crippen LogP contribution >= 0.6 is 0 Å². The van der Waals surface area contributed by atoms with E-state index in [-0.39, 0.29) is 12.3 Å². The fourth-order valence-electron chi connectivity index (χ4n) is 3.82. The second-order valence-corrected chi connectivity index (χ2v) is 7.30. The molecule has 1 N–H and O–H groups in total. The van der Waals surface area contributed by atoms with Gasteiger partial charge in [-0.3, -0.25) is 14.5 Å². The number of ketones is 1. The Morgan fingerprint density at radius 3 is 2.48 bits per heavy atom. The Bertz CT molecular complexity index is 1100.